The summed E-state index contributed by atoms with van der Waals surface area (Å²) in [6.07, 6.45) is 3.27. The van der Waals surface area contributed by atoms with Crippen molar-refractivity contribution in [3.8, 4) is 22.8 Å². The lowest BCUT2D eigenvalue weighted by atomic mass is 10.1. The van der Waals surface area contributed by atoms with E-state index in [-0.39, 0.29) is 5.91 Å². The number of imidazole rings is 1. The van der Waals surface area contributed by atoms with Gasteiger partial charge in [-0.3, -0.25) is 9.36 Å². The van der Waals surface area contributed by atoms with Crippen molar-refractivity contribution in [2.24, 2.45) is 0 Å². The van der Waals surface area contributed by atoms with Gasteiger partial charge in [0, 0.05) is 17.3 Å². The zero-order valence-corrected chi connectivity index (χ0v) is 19.2. The summed E-state index contributed by atoms with van der Waals surface area (Å²) in [6, 6.07) is 31.1. The molecule has 1 heterocycles. The van der Waals surface area contributed by atoms with Crippen molar-refractivity contribution in [3.05, 3.63) is 109 Å². The van der Waals surface area contributed by atoms with Crippen LogP contribution in [0.25, 0.3) is 34.2 Å². The fourth-order valence-corrected chi connectivity index (χ4v) is 3.95. The number of methoxy groups -OCH3 is 1. The molecular weight excluding hydrogens is 436 g/mol. The summed E-state index contributed by atoms with van der Waals surface area (Å²) in [7, 11) is 1.65. The summed E-state index contributed by atoms with van der Waals surface area (Å²) in [5.41, 5.74) is 11.7. The van der Waals surface area contributed by atoms with E-state index in [9.17, 15) is 4.79 Å². The van der Waals surface area contributed by atoms with Crippen LogP contribution < -0.4 is 15.8 Å². The number of aromatic nitrogens is 2. The smallest absolute Gasteiger partial charge is 0.248 e. The van der Waals surface area contributed by atoms with Crippen molar-refractivity contribution in [1.29, 1.82) is 0 Å². The van der Waals surface area contributed by atoms with Gasteiger partial charge in [0.1, 0.15) is 11.6 Å². The van der Waals surface area contributed by atoms with Crippen LogP contribution >= 0.6 is 0 Å². The molecule has 6 nitrogen and oxygen atoms in total. The number of carbonyl (C=O) groups excluding carboxylic acids is 1. The fourth-order valence-electron chi connectivity index (χ4n) is 3.95. The minimum Gasteiger partial charge on any atom is -0.497 e. The standard InChI is InChI=1S/C29H24N4O2/c1-35-23-16-14-22(15-17-23)33-27-12-5-4-11-26(27)32-29(33)21-8-6-7-20(19-21)13-18-28(34)31-25-10-3-2-9-24(25)30/h2-19H,30H2,1H3,(H,31,34). The first-order chi connectivity index (χ1) is 17.1. The van der Waals surface area contributed by atoms with Gasteiger partial charge in [-0.15, -0.1) is 0 Å². The highest BCUT2D eigenvalue weighted by atomic mass is 16.5. The lowest BCUT2D eigenvalue weighted by Crippen LogP contribution is -2.09. The molecule has 6 heteroatoms. The number of ether oxygens (including phenoxy) is 1. The maximum absolute atomic E-state index is 12.4. The van der Waals surface area contributed by atoms with Gasteiger partial charge in [-0.25, -0.2) is 4.98 Å². The van der Waals surface area contributed by atoms with E-state index in [1.807, 2.05) is 78.9 Å². The van der Waals surface area contributed by atoms with Gasteiger partial charge in [0.2, 0.25) is 5.91 Å². The number of amides is 1. The number of nitrogens with one attached hydrogen (secondary N) is 1. The first kappa shape index (κ1) is 22.0. The number of nitrogen functional groups attached to an aromatic ring is 1. The molecule has 0 aliphatic carbocycles. The highest BCUT2D eigenvalue weighted by Gasteiger charge is 2.14. The molecule has 5 rings (SSSR count). The van der Waals surface area contributed by atoms with Crippen LogP contribution in [-0.2, 0) is 4.79 Å². The average molecular weight is 461 g/mol. The largest absolute Gasteiger partial charge is 0.497 e. The third-order valence-corrected chi connectivity index (χ3v) is 5.68. The van der Waals surface area contributed by atoms with E-state index >= 15 is 0 Å². The quantitative estimate of drug-likeness (QED) is 0.243. The van der Waals surface area contributed by atoms with Gasteiger partial charge in [0.25, 0.3) is 0 Å². The molecule has 3 N–H and O–H groups in total. The van der Waals surface area contributed by atoms with Crippen LogP contribution in [-0.4, -0.2) is 22.6 Å². The van der Waals surface area contributed by atoms with Crippen LogP contribution in [0.3, 0.4) is 0 Å². The third-order valence-electron chi connectivity index (χ3n) is 5.68. The molecule has 172 valence electrons. The Kier molecular flexibility index (Phi) is 6.01. The molecule has 0 spiro atoms. The highest BCUT2D eigenvalue weighted by molar-refractivity contribution is 6.03. The van der Waals surface area contributed by atoms with E-state index in [4.69, 9.17) is 15.5 Å². The van der Waals surface area contributed by atoms with Crippen LogP contribution in [0.4, 0.5) is 11.4 Å². The minimum absolute atomic E-state index is 0.251. The molecule has 0 aliphatic rings. The molecule has 4 aromatic carbocycles. The maximum Gasteiger partial charge on any atom is 0.248 e. The molecule has 0 aliphatic heterocycles. The Balaban J connectivity index is 1.48. The van der Waals surface area contributed by atoms with Gasteiger partial charge in [0.15, 0.2) is 0 Å². The number of benzene rings is 4. The number of fused-ring (bicyclic) bond motifs is 1. The molecule has 0 atom stereocenters. The first-order valence-corrected chi connectivity index (χ1v) is 11.2. The number of carbonyl (C=O) groups is 1. The molecular formula is C29H24N4O2. The fraction of sp³-hybridized carbons (Fsp3) is 0.0345. The van der Waals surface area contributed by atoms with Gasteiger partial charge in [-0.2, -0.15) is 0 Å². The molecule has 0 bridgehead atoms. The Morgan fingerprint density at radius 1 is 0.943 bits per heavy atom. The number of hydrogen-bond donors (Lipinski definition) is 2. The van der Waals surface area contributed by atoms with E-state index in [1.165, 1.54) is 6.08 Å². The predicted molar refractivity (Wildman–Crippen MR) is 142 cm³/mol. The second kappa shape index (κ2) is 9.57. The number of nitrogens with zero attached hydrogens (tertiary/aromatic N) is 2. The molecule has 5 aromatic rings. The molecule has 0 saturated heterocycles. The number of nitrogens with two attached hydrogens (primary N) is 1. The van der Waals surface area contributed by atoms with Crippen LogP contribution in [0.1, 0.15) is 5.56 Å². The van der Waals surface area contributed by atoms with E-state index in [0.29, 0.717) is 11.4 Å². The lowest BCUT2D eigenvalue weighted by molar-refractivity contribution is -0.111. The molecule has 0 radical (unpaired) electrons. The van der Waals surface area contributed by atoms with Crippen molar-refractivity contribution in [2.45, 2.75) is 0 Å². The normalized spacial score (nSPS) is 11.1. The van der Waals surface area contributed by atoms with Gasteiger partial charge in [0.05, 0.1) is 29.5 Å². The minimum atomic E-state index is -0.251. The molecule has 35 heavy (non-hydrogen) atoms. The summed E-state index contributed by atoms with van der Waals surface area (Å²) in [4.78, 5) is 17.3. The number of rotatable bonds is 6. The third kappa shape index (κ3) is 4.63. The Morgan fingerprint density at radius 3 is 2.51 bits per heavy atom. The maximum atomic E-state index is 12.4. The van der Waals surface area contributed by atoms with Crippen LogP contribution in [0.2, 0.25) is 0 Å². The van der Waals surface area contributed by atoms with Crippen LogP contribution in [0.15, 0.2) is 103 Å². The van der Waals surface area contributed by atoms with Crippen molar-refractivity contribution in [1.82, 2.24) is 9.55 Å². The Labute approximate surface area is 203 Å². The van der Waals surface area contributed by atoms with Gasteiger partial charge < -0.3 is 15.8 Å². The molecule has 1 aromatic heterocycles. The van der Waals surface area contributed by atoms with Crippen LogP contribution in [0.5, 0.6) is 5.75 Å². The number of anilines is 2. The van der Waals surface area contributed by atoms with Crippen molar-refractivity contribution in [3.63, 3.8) is 0 Å². The van der Waals surface area contributed by atoms with E-state index in [0.717, 1.165) is 39.4 Å². The van der Waals surface area contributed by atoms with Crippen molar-refractivity contribution in [2.75, 3.05) is 18.2 Å². The second-order valence-electron chi connectivity index (χ2n) is 7.99. The monoisotopic (exact) mass is 460 g/mol. The predicted octanol–water partition coefficient (Wildman–Crippen LogP) is 5.94. The highest BCUT2D eigenvalue weighted by Crippen LogP contribution is 2.30. The van der Waals surface area contributed by atoms with E-state index < -0.39 is 0 Å². The van der Waals surface area contributed by atoms with Crippen LogP contribution in [0, 0.1) is 0 Å². The van der Waals surface area contributed by atoms with Gasteiger partial charge >= 0.3 is 0 Å². The summed E-state index contributed by atoms with van der Waals surface area (Å²) in [5.74, 6) is 1.36. The summed E-state index contributed by atoms with van der Waals surface area (Å²) < 4.78 is 7.45. The Morgan fingerprint density at radius 2 is 1.71 bits per heavy atom. The zero-order chi connectivity index (χ0) is 24.2. The first-order valence-electron chi connectivity index (χ1n) is 11.2. The van der Waals surface area contributed by atoms with E-state index in [1.54, 1.807) is 25.3 Å². The average Bonchev–Trinajstić information content (AvgIpc) is 3.29. The second-order valence-corrected chi connectivity index (χ2v) is 7.99. The summed E-state index contributed by atoms with van der Waals surface area (Å²) in [6.45, 7) is 0. The summed E-state index contributed by atoms with van der Waals surface area (Å²) in [5, 5.41) is 2.81. The number of para-hydroxylation sites is 4. The topological polar surface area (TPSA) is 82.2 Å². The van der Waals surface area contributed by atoms with Crippen molar-refractivity contribution >= 4 is 34.4 Å². The molecule has 0 saturated carbocycles. The van der Waals surface area contributed by atoms with Crippen molar-refractivity contribution < 1.29 is 9.53 Å². The van der Waals surface area contributed by atoms with E-state index in [2.05, 4.69) is 16.0 Å². The molecule has 1 amide bonds. The Hall–Kier alpha value is -4.84. The zero-order valence-electron chi connectivity index (χ0n) is 19.2. The molecule has 0 fully saturated rings. The summed E-state index contributed by atoms with van der Waals surface area (Å²) >= 11 is 0. The number of hydrogen-bond acceptors (Lipinski definition) is 4. The Bertz CT molecular complexity index is 1530. The van der Waals surface area contributed by atoms with Gasteiger partial charge in [-0.1, -0.05) is 42.5 Å². The SMILES string of the molecule is COc1ccc(-n2c(-c3cccc(C=CC(=O)Nc4ccccc4N)c3)nc3ccccc32)cc1. The van der Waals surface area contributed by atoms with Gasteiger partial charge in [-0.05, 0) is 66.2 Å². The molecule has 0 unspecified atom stereocenters. The lowest BCUT2D eigenvalue weighted by Gasteiger charge is -2.11.